The molecule has 380 valence electrons. The number of hydrogen-bond acceptors (Lipinski definition) is 7. The Labute approximate surface area is 428 Å². The van der Waals surface area contributed by atoms with Crippen LogP contribution in [0.2, 0.25) is 0 Å². The lowest BCUT2D eigenvalue weighted by molar-refractivity contribution is 0.171. The Kier molecular flexibility index (Phi) is 17.6. The van der Waals surface area contributed by atoms with Crippen LogP contribution in [-0.4, -0.2) is 26.2 Å². The van der Waals surface area contributed by atoms with Gasteiger partial charge in [-0.3, -0.25) is 4.99 Å². The molecule has 0 bridgehead atoms. The maximum Gasteiger partial charge on any atom is 0.231 e. The quantitative estimate of drug-likeness (QED) is 0.161. The van der Waals surface area contributed by atoms with Crippen LogP contribution in [0.4, 0.5) is 17.1 Å². The number of rotatable bonds is 0. The molecule has 7 nitrogen and oxygen atoms in total. The van der Waals surface area contributed by atoms with Gasteiger partial charge >= 0.3 is 0 Å². The molecule has 2 N–H and O–H groups in total. The molecule has 7 heteroatoms. The number of nitrogens with zero attached hydrogens (tertiary/aromatic N) is 1. The van der Waals surface area contributed by atoms with Gasteiger partial charge in [0.1, 0.15) is 13.2 Å². The third-order valence-corrected chi connectivity index (χ3v) is 12.8. The second kappa shape index (κ2) is 22.5. The molecule has 0 radical (unpaired) electrons. The smallest absolute Gasteiger partial charge is 0.231 e. The number of nitrogens with one attached hydrogen (secondary N) is 2. The Bertz CT molecular complexity index is 2700. The van der Waals surface area contributed by atoms with Crippen LogP contribution >= 0.6 is 0 Å². The SMILES string of the molecule is C.C=C1C=Cc2ccc(C(C)(C)C)cc2N1.C=C1CCc2ccc(C(C)(C)C)cc2N1.CC(C)(C)c1ccc2c(c1)CC=N2.CC(C)(C)c1ccc2c(c1)OCCO2.CC(C)(C)c1ccc2c(c1)OCO2. The van der Waals surface area contributed by atoms with Crippen molar-refractivity contribution < 1.29 is 18.9 Å². The number of fused-ring (bicyclic) bond motifs is 5. The Balaban J connectivity index is 0.000000165. The third-order valence-electron chi connectivity index (χ3n) is 12.8. The molecule has 0 aliphatic carbocycles. The van der Waals surface area contributed by atoms with E-state index in [1.54, 1.807) is 0 Å². The van der Waals surface area contributed by atoms with E-state index in [0.29, 0.717) is 20.0 Å². The zero-order valence-electron chi connectivity index (χ0n) is 45.1. The molecular formula is C64H85N3O4. The van der Waals surface area contributed by atoms with Crippen molar-refractivity contribution in [1.29, 1.82) is 0 Å². The summed E-state index contributed by atoms with van der Waals surface area (Å²) in [7, 11) is 0. The molecule has 5 aromatic carbocycles. The van der Waals surface area contributed by atoms with Crippen molar-refractivity contribution in [2.45, 2.75) is 158 Å². The van der Waals surface area contributed by atoms with Crippen molar-refractivity contribution in [1.82, 2.24) is 0 Å². The molecule has 5 aliphatic rings. The van der Waals surface area contributed by atoms with Gasteiger partial charge in [-0.25, -0.2) is 0 Å². The first-order valence-electron chi connectivity index (χ1n) is 25.0. The number of benzene rings is 5. The highest BCUT2D eigenvalue weighted by molar-refractivity contribution is 5.76. The Hall–Kier alpha value is -6.21. The summed E-state index contributed by atoms with van der Waals surface area (Å²) in [6, 6.07) is 32.2. The average Bonchev–Trinajstić information content (AvgIpc) is 3.97. The summed E-state index contributed by atoms with van der Waals surface area (Å²) in [5, 5.41) is 6.67. The lowest BCUT2D eigenvalue weighted by atomic mass is 9.85. The number of anilines is 2. The van der Waals surface area contributed by atoms with E-state index in [-0.39, 0.29) is 34.5 Å². The zero-order chi connectivity index (χ0) is 51.2. The minimum Gasteiger partial charge on any atom is -0.486 e. The number of allylic oxidation sites excluding steroid dienone is 2. The third kappa shape index (κ3) is 15.4. The molecule has 0 fully saturated rings. The summed E-state index contributed by atoms with van der Waals surface area (Å²) in [4.78, 5) is 4.30. The maximum absolute atomic E-state index is 5.53. The van der Waals surface area contributed by atoms with E-state index in [0.717, 1.165) is 65.0 Å². The molecule has 0 aromatic heterocycles. The van der Waals surface area contributed by atoms with Crippen LogP contribution in [0.15, 0.2) is 127 Å². The van der Waals surface area contributed by atoms with Crippen LogP contribution in [0.3, 0.4) is 0 Å². The predicted octanol–water partition coefficient (Wildman–Crippen LogP) is 17.1. The second-order valence-corrected chi connectivity index (χ2v) is 23.9. The number of ether oxygens (including phenoxy) is 4. The van der Waals surface area contributed by atoms with Crippen LogP contribution in [0.25, 0.3) is 6.08 Å². The topological polar surface area (TPSA) is 73.3 Å². The molecule has 5 aliphatic heterocycles. The lowest BCUT2D eigenvalue weighted by Crippen LogP contribution is -2.17. The van der Waals surface area contributed by atoms with E-state index in [1.807, 2.05) is 24.4 Å². The highest BCUT2D eigenvalue weighted by Crippen LogP contribution is 2.38. The van der Waals surface area contributed by atoms with Gasteiger partial charge in [-0.05, 0) is 133 Å². The molecule has 0 atom stereocenters. The summed E-state index contributed by atoms with van der Waals surface area (Å²) in [6.45, 7) is 42.8. The van der Waals surface area contributed by atoms with E-state index in [4.69, 9.17) is 18.9 Å². The van der Waals surface area contributed by atoms with Crippen LogP contribution in [0, 0.1) is 0 Å². The number of hydrogen-bond donors (Lipinski definition) is 2. The van der Waals surface area contributed by atoms with Crippen LogP contribution in [0.5, 0.6) is 23.0 Å². The predicted molar refractivity (Wildman–Crippen MR) is 304 cm³/mol. The molecule has 0 saturated carbocycles. The lowest BCUT2D eigenvalue weighted by Gasteiger charge is -2.25. The van der Waals surface area contributed by atoms with E-state index in [9.17, 15) is 0 Å². The first kappa shape index (κ1) is 55.7. The summed E-state index contributed by atoms with van der Waals surface area (Å²) >= 11 is 0. The van der Waals surface area contributed by atoms with Crippen molar-refractivity contribution in [2.24, 2.45) is 4.99 Å². The van der Waals surface area contributed by atoms with Gasteiger partial charge in [0.2, 0.25) is 6.79 Å². The van der Waals surface area contributed by atoms with E-state index in [2.05, 4.69) is 218 Å². The first-order valence-corrected chi connectivity index (χ1v) is 25.0. The Morgan fingerprint density at radius 1 is 0.451 bits per heavy atom. The fourth-order valence-corrected chi connectivity index (χ4v) is 8.05. The highest BCUT2D eigenvalue weighted by Gasteiger charge is 2.22. The van der Waals surface area contributed by atoms with Crippen molar-refractivity contribution in [3.63, 3.8) is 0 Å². The van der Waals surface area contributed by atoms with E-state index in [1.165, 1.54) is 50.2 Å². The van der Waals surface area contributed by atoms with Gasteiger partial charge in [-0.1, -0.05) is 179 Å². The molecule has 0 unspecified atom stereocenters. The fraction of sp³-hybridized carbons (Fsp3) is 0.422. The summed E-state index contributed by atoms with van der Waals surface area (Å²) in [5.74, 6) is 3.47. The molecule has 71 heavy (non-hydrogen) atoms. The summed E-state index contributed by atoms with van der Waals surface area (Å²) < 4.78 is 21.6. The average molecular weight is 960 g/mol. The van der Waals surface area contributed by atoms with Crippen molar-refractivity contribution >= 4 is 29.4 Å². The van der Waals surface area contributed by atoms with Crippen molar-refractivity contribution in [2.75, 3.05) is 30.6 Å². The van der Waals surface area contributed by atoms with Gasteiger partial charge in [0, 0.05) is 35.4 Å². The molecule has 10 rings (SSSR count). The number of aryl methyl sites for hydroxylation is 1. The van der Waals surface area contributed by atoms with Gasteiger partial charge in [-0.15, -0.1) is 0 Å². The van der Waals surface area contributed by atoms with Crippen LogP contribution in [-0.2, 0) is 39.9 Å². The Morgan fingerprint density at radius 2 is 0.915 bits per heavy atom. The maximum atomic E-state index is 5.53. The molecule has 0 amide bonds. The Morgan fingerprint density at radius 3 is 1.51 bits per heavy atom. The molecular weight excluding hydrogens is 875 g/mol. The zero-order valence-corrected chi connectivity index (χ0v) is 45.1. The standard InChI is InChI=1S/C14H19N.C14H17N.C12H15N.C12H16O2.C11H14O2.CH4/c2*1-10-5-6-11-7-8-12(14(2,3)4)9-13(11)15-10;1-12(2,3)10-4-5-11-9(8-10)6-7-13-11;1-12(2,3)9-4-5-10-11(8-9)14-7-6-13-10;1-11(2,3)8-4-5-9-10(6-8)13-7-12-9;/h7-9,15H,1,5-6H2,2-4H3;5-9,15H,1H2,2-4H3;4-5,7-8H,6H2,1-3H3;4-5,8H,6-7H2,1-3H3;4-6H,7H2,1-3H3;1H4. The molecule has 0 saturated heterocycles. The molecule has 0 spiro atoms. The van der Waals surface area contributed by atoms with Gasteiger partial charge in [0.15, 0.2) is 23.0 Å². The van der Waals surface area contributed by atoms with Gasteiger partial charge in [0.25, 0.3) is 0 Å². The van der Waals surface area contributed by atoms with Crippen molar-refractivity contribution in [3.05, 3.63) is 166 Å². The van der Waals surface area contributed by atoms with E-state index < -0.39 is 0 Å². The van der Waals surface area contributed by atoms with Gasteiger partial charge in [-0.2, -0.15) is 0 Å². The van der Waals surface area contributed by atoms with Crippen LogP contribution < -0.4 is 29.6 Å². The summed E-state index contributed by atoms with van der Waals surface area (Å²) in [6.07, 6.45) is 9.25. The van der Waals surface area contributed by atoms with Crippen LogP contribution in [0.1, 0.15) is 162 Å². The molecule has 5 heterocycles. The van der Waals surface area contributed by atoms with Crippen molar-refractivity contribution in [3.8, 4) is 23.0 Å². The minimum atomic E-state index is 0. The number of aliphatic imine (C=N–C) groups is 1. The van der Waals surface area contributed by atoms with E-state index >= 15 is 0 Å². The largest absolute Gasteiger partial charge is 0.486 e. The fourth-order valence-electron chi connectivity index (χ4n) is 8.05. The van der Waals surface area contributed by atoms with Gasteiger partial charge in [0.05, 0.1) is 5.69 Å². The summed E-state index contributed by atoms with van der Waals surface area (Å²) in [5.41, 5.74) is 17.3. The monoisotopic (exact) mass is 960 g/mol. The normalized spacial score (nSPS) is 14.9. The molecule has 5 aromatic rings. The minimum absolute atomic E-state index is 0. The second-order valence-electron chi connectivity index (χ2n) is 23.9. The van der Waals surface area contributed by atoms with Gasteiger partial charge < -0.3 is 29.6 Å². The first-order chi connectivity index (χ1) is 32.6. The highest BCUT2D eigenvalue weighted by atomic mass is 16.7.